The highest BCUT2D eigenvalue weighted by atomic mass is 16.5. The van der Waals surface area contributed by atoms with Gasteiger partial charge in [0.2, 0.25) is 17.6 Å². The van der Waals surface area contributed by atoms with Crippen LogP contribution in [0.2, 0.25) is 0 Å². The van der Waals surface area contributed by atoms with Crippen LogP contribution < -0.4 is 5.32 Å². The van der Waals surface area contributed by atoms with Crippen LogP contribution in [0.25, 0.3) is 11.4 Å². The van der Waals surface area contributed by atoms with E-state index in [1.165, 1.54) is 0 Å². The molecular weight excluding hydrogens is 334 g/mol. The first-order valence-corrected chi connectivity index (χ1v) is 8.57. The summed E-state index contributed by atoms with van der Waals surface area (Å²) in [6.45, 7) is 4.42. The van der Waals surface area contributed by atoms with E-state index in [9.17, 15) is 4.79 Å². The quantitative estimate of drug-likeness (QED) is 0.662. The van der Waals surface area contributed by atoms with Crippen molar-refractivity contribution in [1.29, 1.82) is 0 Å². The summed E-state index contributed by atoms with van der Waals surface area (Å²) in [4.78, 5) is 20.3. The molecule has 0 bridgehead atoms. The molecule has 0 atom stereocenters. The molecule has 0 fully saturated rings. The average molecular weight is 355 g/mol. The SMILES string of the molecule is CC(C)c1cc(CNC(=O)CCCc2nc(-c3cccnc3)no2)on1. The van der Waals surface area contributed by atoms with Crippen LogP contribution in [0.5, 0.6) is 0 Å². The van der Waals surface area contributed by atoms with Crippen molar-refractivity contribution in [3.8, 4) is 11.4 Å². The average Bonchev–Trinajstić information content (AvgIpc) is 3.30. The van der Waals surface area contributed by atoms with Gasteiger partial charge in [-0.3, -0.25) is 9.78 Å². The molecular formula is C18H21N5O3. The van der Waals surface area contributed by atoms with Crippen molar-refractivity contribution in [2.24, 2.45) is 0 Å². The molecule has 0 aliphatic heterocycles. The Kier molecular flexibility index (Phi) is 5.73. The lowest BCUT2D eigenvalue weighted by Crippen LogP contribution is -2.22. The van der Waals surface area contributed by atoms with Gasteiger partial charge < -0.3 is 14.4 Å². The van der Waals surface area contributed by atoms with Crippen molar-refractivity contribution in [3.05, 3.63) is 47.9 Å². The normalized spacial score (nSPS) is 11.0. The fourth-order valence-electron chi connectivity index (χ4n) is 2.33. The number of carbonyl (C=O) groups is 1. The van der Waals surface area contributed by atoms with Crippen molar-refractivity contribution in [2.45, 2.75) is 45.6 Å². The second kappa shape index (κ2) is 8.37. The van der Waals surface area contributed by atoms with Crippen molar-refractivity contribution in [2.75, 3.05) is 0 Å². The first kappa shape index (κ1) is 17.8. The fourth-order valence-corrected chi connectivity index (χ4v) is 2.33. The Hall–Kier alpha value is -3.03. The van der Waals surface area contributed by atoms with Crippen LogP contribution >= 0.6 is 0 Å². The van der Waals surface area contributed by atoms with Gasteiger partial charge in [-0.1, -0.05) is 24.2 Å². The van der Waals surface area contributed by atoms with E-state index >= 15 is 0 Å². The number of nitrogens with one attached hydrogen (secondary N) is 1. The molecule has 3 aromatic rings. The molecule has 0 aliphatic rings. The van der Waals surface area contributed by atoms with Crippen LogP contribution in [0.4, 0.5) is 0 Å². The number of aryl methyl sites for hydroxylation is 1. The van der Waals surface area contributed by atoms with Gasteiger partial charge in [-0.2, -0.15) is 4.98 Å². The Morgan fingerprint density at radius 1 is 1.27 bits per heavy atom. The molecule has 8 heteroatoms. The molecule has 0 aliphatic carbocycles. The molecule has 0 saturated heterocycles. The molecule has 0 spiro atoms. The molecule has 0 unspecified atom stereocenters. The van der Waals surface area contributed by atoms with Crippen LogP contribution in [-0.4, -0.2) is 26.2 Å². The monoisotopic (exact) mass is 355 g/mol. The Morgan fingerprint density at radius 3 is 2.88 bits per heavy atom. The molecule has 0 saturated carbocycles. The minimum Gasteiger partial charge on any atom is -0.359 e. The zero-order valence-electron chi connectivity index (χ0n) is 14.8. The van der Waals surface area contributed by atoms with E-state index in [1.54, 1.807) is 12.4 Å². The molecule has 1 N–H and O–H groups in total. The third-order valence-corrected chi connectivity index (χ3v) is 3.81. The van der Waals surface area contributed by atoms with Crippen LogP contribution in [0.15, 0.2) is 39.6 Å². The molecule has 1 amide bonds. The van der Waals surface area contributed by atoms with Gasteiger partial charge in [0, 0.05) is 36.9 Å². The fraction of sp³-hybridized carbons (Fsp3) is 0.389. The number of hydrogen-bond acceptors (Lipinski definition) is 7. The van der Waals surface area contributed by atoms with E-state index in [-0.39, 0.29) is 5.91 Å². The van der Waals surface area contributed by atoms with E-state index in [2.05, 4.69) is 25.6 Å². The largest absolute Gasteiger partial charge is 0.359 e. The third kappa shape index (κ3) is 4.75. The Labute approximate surface area is 151 Å². The highest BCUT2D eigenvalue weighted by molar-refractivity contribution is 5.75. The van der Waals surface area contributed by atoms with Gasteiger partial charge in [0.15, 0.2) is 5.76 Å². The summed E-state index contributed by atoms with van der Waals surface area (Å²) in [7, 11) is 0. The molecule has 136 valence electrons. The molecule has 3 aromatic heterocycles. The number of carbonyl (C=O) groups excluding carboxylic acids is 1. The zero-order chi connectivity index (χ0) is 18.4. The van der Waals surface area contributed by atoms with Crippen molar-refractivity contribution in [1.82, 2.24) is 25.6 Å². The van der Waals surface area contributed by atoms with E-state index < -0.39 is 0 Å². The predicted molar refractivity (Wildman–Crippen MR) is 92.9 cm³/mol. The van der Waals surface area contributed by atoms with E-state index in [4.69, 9.17) is 9.05 Å². The predicted octanol–water partition coefficient (Wildman–Crippen LogP) is 2.88. The van der Waals surface area contributed by atoms with Gasteiger partial charge in [0.25, 0.3) is 0 Å². The molecule has 0 radical (unpaired) electrons. The minimum atomic E-state index is -0.0560. The van der Waals surface area contributed by atoms with E-state index in [0.717, 1.165) is 11.3 Å². The second-order valence-electron chi connectivity index (χ2n) is 6.26. The molecule has 3 rings (SSSR count). The van der Waals surface area contributed by atoms with E-state index in [1.807, 2.05) is 32.0 Å². The maximum Gasteiger partial charge on any atom is 0.226 e. The first-order chi connectivity index (χ1) is 12.6. The van der Waals surface area contributed by atoms with Gasteiger partial charge in [0.1, 0.15) is 0 Å². The smallest absolute Gasteiger partial charge is 0.226 e. The maximum absolute atomic E-state index is 11.9. The summed E-state index contributed by atoms with van der Waals surface area (Å²) in [6, 6.07) is 5.54. The first-order valence-electron chi connectivity index (χ1n) is 8.57. The van der Waals surface area contributed by atoms with Crippen molar-refractivity contribution < 1.29 is 13.8 Å². The summed E-state index contributed by atoms with van der Waals surface area (Å²) in [5.74, 6) is 1.91. The van der Waals surface area contributed by atoms with Crippen LogP contribution in [0, 0.1) is 0 Å². The molecule has 0 aromatic carbocycles. The third-order valence-electron chi connectivity index (χ3n) is 3.81. The second-order valence-corrected chi connectivity index (χ2v) is 6.26. The Bertz CT molecular complexity index is 841. The lowest BCUT2D eigenvalue weighted by atomic mass is 10.1. The molecule has 3 heterocycles. The van der Waals surface area contributed by atoms with Gasteiger partial charge in [-0.15, -0.1) is 0 Å². The summed E-state index contributed by atoms with van der Waals surface area (Å²) in [6.07, 6.45) is 4.90. The number of pyridine rings is 1. The lowest BCUT2D eigenvalue weighted by Gasteiger charge is -2.01. The number of aromatic nitrogens is 4. The number of amides is 1. The highest BCUT2D eigenvalue weighted by Gasteiger charge is 2.11. The topological polar surface area (TPSA) is 107 Å². The highest BCUT2D eigenvalue weighted by Crippen LogP contribution is 2.15. The Balaban J connectivity index is 1.40. The van der Waals surface area contributed by atoms with E-state index in [0.29, 0.717) is 49.2 Å². The Morgan fingerprint density at radius 2 is 2.15 bits per heavy atom. The summed E-state index contributed by atoms with van der Waals surface area (Å²) in [5, 5.41) is 10.7. The summed E-state index contributed by atoms with van der Waals surface area (Å²) in [5.41, 5.74) is 1.68. The molecule has 8 nitrogen and oxygen atoms in total. The van der Waals surface area contributed by atoms with Gasteiger partial charge in [-0.05, 0) is 24.5 Å². The van der Waals surface area contributed by atoms with Crippen molar-refractivity contribution in [3.63, 3.8) is 0 Å². The minimum absolute atomic E-state index is 0.0560. The lowest BCUT2D eigenvalue weighted by molar-refractivity contribution is -0.121. The zero-order valence-corrected chi connectivity index (χ0v) is 14.8. The van der Waals surface area contributed by atoms with Crippen LogP contribution in [0.1, 0.15) is 50.0 Å². The van der Waals surface area contributed by atoms with Crippen molar-refractivity contribution >= 4 is 5.91 Å². The van der Waals surface area contributed by atoms with Gasteiger partial charge in [-0.25, -0.2) is 0 Å². The standard InChI is InChI=1S/C18H21N5O3/c1-12(2)15-9-14(25-22-15)11-20-16(24)6-3-7-17-21-18(23-26-17)13-5-4-8-19-10-13/h4-5,8-10,12H,3,6-7,11H2,1-2H3,(H,20,24). The number of hydrogen-bond donors (Lipinski definition) is 1. The van der Waals surface area contributed by atoms with Crippen LogP contribution in [0.3, 0.4) is 0 Å². The maximum atomic E-state index is 11.9. The summed E-state index contributed by atoms with van der Waals surface area (Å²) >= 11 is 0. The number of nitrogens with zero attached hydrogens (tertiary/aromatic N) is 4. The summed E-state index contributed by atoms with van der Waals surface area (Å²) < 4.78 is 10.4. The number of rotatable bonds is 8. The van der Waals surface area contributed by atoms with Gasteiger partial charge in [0.05, 0.1) is 12.2 Å². The molecule has 26 heavy (non-hydrogen) atoms. The van der Waals surface area contributed by atoms with Gasteiger partial charge >= 0.3 is 0 Å². The van der Waals surface area contributed by atoms with Crippen LogP contribution in [-0.2, 0) is 17.8 Å².